The molecular weight excluding hydrogens is 354 g/mol. The van der Waals surface area contributed by atoms with E-state index in [1.165, 1.54) is 45.1 Å². The summed E-state index contributed by atoms with van der Waals surface area (Å²) in [4.78, 5) is 1.76. The highest BCUT2D eigenvalue weighted by molar-refractivity contribution is 7.80. The van der Waals surface area contributed by atoms with Crippen LogP contribution in [-0.2, 0) is 4.74 Å². The van der Waals surface area contributed by atoms with Crippen molar-refractivity contribution in [3.05, 3.63) is 0 Å². The summed E-state index contributed by atoms with van der Waals surface area (Å²) >= 11 is 12.4. The van der Waals surface area contributed by atoms with Crippen LogP contribution in [0, 0.1) is 17.3 Å². The highest BCUT2D eigenvalue weighted by Gasteiger charge is 2.56. The van der Waals surface area contributed by atoms with Gasteiger partial charge in [0.2, 0.25) is 0 Å². The Labute approximate surface area is 162 Å². The minimum Gasteiger partial charge on any atom is -0.370 e. The Morgan fingerprint density at radius 1 is 1.12 bits per heavy atom. The number of halogens is 1. The molecule has 0 radical (unpaired) electrons. The maximum atomic E-state index is 6.92. The predicted molar refractivity (Wildman–Crippen MR) is 105 cm³/mol. The Kier molecular flexibility index (Phi) is 5.48. The van der Waals surface area contributed by atoms with Crippen LogP contribution in [0.4, 0.5) is 0 Å². The summed E-state index contributed by atoms with van der Waals surface area (Å²) in [5.41, 5.74) is 0.398. The predicted octanol–water partition coefficient (Wildman–Crippen LogP) is 1.33. The molecule has 4 saturated carbocycles. The molecule has 2 atom stereocenters. The normalized spacial score (nSPS) is 40.2. The topological polar surface area (TPSA) is 37.7 Å². The molecule has 0 unspecified atom stereocenters. The van der Waals surface area contributed by atoms with Crippen molar-refractivity contribution < 1.29 is 9.64 Å². The van der Waals surface area contributed by atoms with Crippen molar-refractivity contribution in [3.8, 4) is 0 Å². The Balaban J connectivity index is 1.16. The molecule has 1 aliphatic heterocycles. The van der Waals surface area contributed by atoms with Crippen molar-refractivity contribution in [2.24, 2.45) is 17.3 Å². The first-order valence-electron chi connectivity index (χ1n) is 10.2. The average Bonchev–Trinajstić information content (AvgIpc) is 2.56. The van der Waals surface area contributed by atoms with Gasteiger partial charge in [0.15, 0.2) is 5.11 Å². The fourth-order valence-corrected chi connectivity index (χ4v) is 7.22. The first-order valence-corrected chi connectivity index (χ1v) is 10.9. The third-order valence-corrected chi connectivity index (χ3v) is 7.66. The van der Waals surface area contributed by atoms with E-state index in [2.05, 4.69) is 10.6 Å². The molecular formula is C19H33ClN3OS+. The van der Waals surface area contributed by atoms with Gasteiger partial charge in [-0.3, -0.25) is 0 Å². The van der Waals surface area contributed by atoms with Crippen LogP contribution in [0.1, 0.15) is 44.9 Å². The van der Waals surface area contributed by atoms with Crippen LogP contribution in [0.2, 0.25) is 0 Å². The molecule has 1 saturated heterocycles. The lowest BCUT2D eigenvalue weighted by atomic mass is 9.49. The van der Waals surface area contributed by atoms with Crippen LogP contribution in [0.15, 0.2) is 0 Å². The van der Waals surface area contributed by atoms with E-state index >= 15 is 0 Å². The van der Waals surface area contributed by atoms with E-state index in [0.29, 0.717) is 5.41 Å². The molecule has 5 fully saturated rings. The molecule has 0 aromatic heterocycles. The molecule has 4 bridgehead atoms. The molecule has 4 nitrogen and oxygen atoms in total. The molecule has 3 N–H and O–H groups in total. The third-order valence-electron chi connectivity index (χ3n) is 6.93. The number of quaternary nitrogens is 1. The van der Waals surface area contributed by atoms with Gasteiger partial charge in [-0.05, 0) is 68.0 Å². The van der Waals surface area contributed by atoms with E-state index in [-0.39, 0.29) is 4.87 Å². The second-order valence-corrected chi connectivity index (χ2v) is 10.4. The van der Waals surface area contributed by atoms with Gasteiger partial charge in [0.05, 0.1) is 19.8 Å². The largest absolute Gasteiger partial charge is 0.370 e. The van der Waals surface area contributed by atoms with Gasteiger partial charge in [0, 0.05) is 24.4 Å². The summed E-state index contributed by atoms with van der Waals surface area (Å²) < 4.78 is 5.41. The second-order valence-electron chi connectivity index (χ2n) is 9.19. The van der Waals surface area contributed by atoms with E-state index in [1.807, 2.05) is 0 Å². The van der Waals surface area contributed by atoms with Gasteiger partial charge in [-0.15, -0.1) is 11.6 Å². The van der Waals surface area contributed by atoms with Crippen LogP contribution < -0.4 is 15.5 Å². The van der Waals surface area contributed by atoms with Gasteiger partial charge < -0.3 is 20.3 Å². The van der Waals surface area contributed by atoms with Crippen LogP contribution in [-0.4, -0.2) is 55.9 Å². The molecule has 6 heteroatoms. The lowest BCUT2D eigenvalue weighted by Gasteiger charge is -2.60. The zero-order valence-electron chi connectivity index (χ0n) is 15.2. The number of morpholine rings is 1. The van der Waals surface area contributed by atoms with E-state index in [9.17, 15) is 0 Å². The van der Waals surface area contributed by atoms with Crippen molar-refractivity contribution in [2.45, 2.75) is 49.8 Å². The molecule has 0 amide bonds. The van der Waals surface area contributed by atoms with E-state index in [4.69, 9.17) is 28.6 Å². The second kappa shape index (κ2) is 7.49. The Bertz CT molecular complexity index is 483. The summed E-state index contributed by atoms with van der Waals surface area (Å²) in [6.45, 7) is 7.30. The first-order chi connectivity index (χ1) is 12.0. The zero-order chi connectivity index (χ0) is 17.3. The van der Waals surface area contributed by atoms with Crippen molar-refractivity contribution in [1.82, 2.24) is 10.6 Å². The van der Waals surface area contributed by atoms with Crippen LogP contribution in [0.25, 0.3) is 0 Å². The smallest absolute Gasteiger partial charge is 0.166 e. The molecule has 142 valence electrons. The number of thiocarbonyl (C=S) groups is 1. The first kappa shape index (κ1) is 18.3. The molecule has 0 aromatic carbocycles. The Hall–Kier alpha value is -0.100. The van der Waals surface area contributed by atoms with E-state index in [1.54, 1.807) is 4.90 Å². The number of nitrogens with one attached hydrogen (secondary N) is 3. The summed E-state index contributed by atoms with van der Waals surface area (Å²) in [6, 6.07) is 0. The molecule has 0 spiro atoms. The number of hydrogen-bond acceptors (Lipinski definition) is 2. The van der Waals surface area contributed by atoms with Gasteiger partial charge >= 0.3 is 0 Å². The van der Waals surface area contributed by atoms with Crippen LogP contribution in [0.5, 0.6) is 0 Å². The lowest BCUT2D eigenvalue weighted by Crippen LogP contribution is -3.14. The van der Waals surface area contributed by atoms with Gasteiger partial charge in [-0.25, -0.2) is 0 Å². The lowest BCUT2D eigenvalue weighted by molar-refractivity contribution is -0.908. The van der Waals surface area contributed by atoms with Crippen molar-refractivity contribution in [3.63, 3.8) is 0 Å². The van der Waals surface area contributed by atoms with Crippen LogP contribution in [0.3, 0.4) is 0 Å². The summed E-state index contributed by atoms with van der Waals surface area (Å²) in [7, 11) is 0. The standard InChI is InChI=1S/C19H32ClN3OS/c20-19-11-15-8-16(12-19)10-18(9-15,13-19)14-22-17(25)21-2-1-3-23-4-6-24-7-5-23/h15-16H,1-14H2,(H2,21,22,25)/p+1/t15-,16-,18?,19?/m0/s1. The fourth-order valence-electron chi connectivity index (χ4n) is 6.32. The van der Waals surface area contributed by atoms with Crippen molar-refractivity contribution in [1.29, 1.82) is 0 Å². The minimum absolute atomic E-state index is 0.0990. The summed E-state index contributed by atoms with van der Waals surface area (Å²) in [6.07, 6.45) is 8.98. The SMILES string of the molecule is S=C(NCCC[NH+]1CCOCC1)NCC12C[C@@H]3C[C@H](CC(Cl)(C3)C1)C2. The molecule has 0 aromatic rings. The van der Waals surface area contributed by atoms with Crippen molar-refractivity contribution in [2.75, 3.05) is 45.9 Å². The van der Waals surface area contributed by atoms with Crippen LogP contribution >= 0.6 is 23.8 Å². The third kappa shape index (κ3) is 4.42. The van der Waals surface area contributed by atoms with Gasteiger partial charge in [-0.1, -0.05) is 0 Å². The average molecular weight is 387 g/mol. The number of hydrogen-bond donors (Lipinski definition) is 3. The zero-order valence-corrected chi connectivity index (χ0v) is 16.8. The molecule has 25 heavy (non-hydrogen) atoms. The summed E-state index contributed by atoms with van der Waals surface area (Å²) in [5.74, 6) is 1.72. The molecule has 1 heterocycles. The highest BCUT2D eigenvalue weighted by atomic mass is 35.5. The van der Waals surface area contributed by atoms with Gasteiger partial charge in [-0.2, -0.15) is 0 Å². The molecule has 4 aliphatic carbocycles. The monoisotopic (exact) mass is 386 g/mol. The van der Waals surface area contributed by atoms with Crippen molar-refractivity contribution >= 4 is 28.9 Å². The maximum Gasteiger partial charge on any atom is 0.166 e. The fraction of sp³-hybridized carbons (Fsp3) is 0.947. The van der Waals surface area contributed by atoms with E-state index in [0.717, 1.165) is 62.8 Å². The minimum atomic E-state index is 0.0990. The van der Waals surface area contributed by atoms with E-state index < -0.39 is 0 Å². The number of ether oxygens (including phenoxy) is 1. The number of rotatable bonds is 6. The Morgan fingerprint density at radius 3 is 2.52 bits per heavy atom. The quantitative estimate of drug-likeness (QED) is 0.366. The highest BCUT2D eigenvalue weighted by Crippen LogP contribution is 2.63. The molecule has 5 aliphatic rings. The van der Waals surface area contributed by atoms with Gasteiger partial charge in [0.1, 0.15) is 13.1 Å². The summed E-state index contributed by atoms with van der Waals surface area (Å²) in [5, 5.41) is 7.77. The van der Waals surface area contributed by atoms with Gasteiger partial charge in [0.25, 0.3) is 0 Å². The number of alkyl halides is 1. The molecule has 5 rings (SSSR count). The Morgan fingerprint density at radius 2 is 1.84 bits per heavy atom. The maximum absolute atomic E-state index is 6.92.